The van der Waals surface area contributed by atoms with Gasteiger partial charge in [-0.15, -0.1) is 11.3 Å². The Balaban J connectivity index is 1.58. The molecule has 2 aromatic carbocycles. The fourth-order valence-electron chi connectivity index (χ4n) is 3.92. The third kappa shape index (κ3) is 4.46. The number of nitrogens with zero attached hydrogens (tertiary/aromatic N) is 1. The smallest absolute Gasteiger partial charge is 0.264 e. The molecule has 1 saturated heterocycles. The van der Waals surface area contributed by atoms with Crippen LogP contribution in [0.1, 0.15) is 25.7 Å². The van der Waals surface area contributed by atoms with Crippen LogP contribution in [-0.2, 0) is 11.2 Å². The van der Waals surface area contributed by atoms with Crippen LogP contribution >= 0.6 is 11.3 Å². The van der Waals surface area contributed by atoms with Gasteiger partial charge in [0.25, 0.3) is 5.91 Å². The molecule has 2 amide bonds. The number of aryl methyl sites for hydroxylation is 2. The molecule has 0 spiro atoms. The average molecular weight is 419 g/mol. The highest BCUT2D eigenvalue weighted by Crippen LogP contribution is 2.27. The summed E-state index contributed by atoms with van der Waals surface area (Å²) in [5.74, 6) is -0.239. The standard InChI is InChI=1S/C25H26N2O2S/c1-17-7-10-19(11-8-17)22-6-4-3-5-20(22)15-21-16-27(14-13-26-24(21)28)25(29)23-12-9-18(2)30-23/h3-12,21H,13-16H2,1-2H3,(H,26,28). The molecule has 1 fully saturated rings. The Hall–Kier alpha value is -2.92. The van der Waals surface area contributed by atoms with Crippen LogP contribution in [0.25, 0.3) is 11.1 Å². The van der Waals surface area contributed by atoms with E-state index in [1.807, 2.05) is 36.1 Å². The van der Waals surface area contributed by atoms with Crippen molar-refractivity contribution in [1.82, 2.24) is 10.2 Å². The largest absolute Gasteiger partial charge is 0.354 e. The van der Waals surface area contributed by atoms with Crippen LogP contribution in [-0.4, -0.2) is 36.3 Å². The summed E-state index contributed by atoms with van der Waals surface area (Å²) in [4.78, 5) is 29.4. The van der Waals surface area contributed by atoms with Gasteiger partial charge in [-0.05, 0) is 49.1 Å². The average Bonchev–Trinajstić information content (AvgIpc) is 3.10. The second-order valence-corrected chi connectivity index (χ2v) is 9.16. The topological polar surface area (TPSA) is 49.4 Å². The molecule has 3 aromatic rings. The van der Waals surface area contributed by atoms with E-state index in [9.17, 15) is 9.59 Å². The van der Waals surface area contributed by atoms with Crippen LogP contribution in [0.3, 0.4) is 0 Å². The van der Waals surface area contributed by atoms with Gasteiger partial charge in [0.05, 0.1) is 10.8 Å². The molecule has 4 rings (SSSR count). The molecule has 1 aromatic heterocycles. The molecular weight excluding hydrogens is 392 g/mol. The van der Waals surface area contributed by atoms with Crippen LogP contribution in [0.2, 0.25) is 0 Å². The Bertz CT molecular complexity index is 1060. The minimum Gasteiger partial charge on any atom is -0.354 e. The Morgan fingerprint density at radius 3 is 2.57 bits per heavy atom. The second-order valence-electron chi connectivity index (χ2n) is 7.88. The van der Waals surface area contributed by atoms with Crippen LogP contribution in [0, 0.1) is 19.8 Å². The number of carbonyl (C=O) groups excluding carboxylic acids is 2. The number of rotatable bonds is 4. The third-order valence-corrected chi connectivity index (χ3v) is 6.57. The number of amides is 2. The highest BCUT2D eigenvalue weighted by molar-refractivity contribution is 7.13. The first kappa shape index (κ1) is 20.4. The molecule has 1 atom stereocenters. The molecule has 1 aliphatic heterocycles. The minimum absolute atomic E-state index is 0.0152. The Morgan fingerprint density at radius 2 is 1.83 bits per heavy atom. The van der Waals surface area contributed by atoms with Gasteiger partial charge >= 0.3 is 0 Å². The Kier molecular flexibility index (Phi) is 6.00. The molecule has 1 aliphatic rings. The zero-order valence-electron chi connectivity index (χ0n) is 17.4. The normalized spacial score (nSPS) is 16.8. The quantitative estimate of drug-likeness (QED) is 0.680. The van der Waals surface area contributed by atoms with Gasteiger partial charge in [0.15, 0.2) is 0 Å². The lowest BCUT2D eigenvalue weighted by Crippen LogP contribution is -2.37. The van der Waals surface area contributed by atoms with E-state index in [0.717, 1.165) is 26.4 Å². The molecule has 5 heteroatoms. The SMILES string of the molecule is Cc1ccc(-c2ccccc2CC2CN(C(=O)c3ccc(C)s3)CCNC2=O)cc1. The van der Waals surface area contributed by atoms with Gasteiger partial charge in [-0.2, -0.15) is 0 Å². The minimum atomic E-state index is -0.274. The fraction of sp³-hybridized carbons (Fsp3) is 0.280. The van der Waals surface area contributed by atoms with Gasteiger partial charge in [0, 0.05) is 24.5 Å². The summed E-state index contributed by atoms with van der Waals surface area (Å²) in [7, 11) is 0. The molecule has 1 unspecified atom stereocenters. The van der Waals surface area contributed by atoms with E-state index in [1.54, 1.807) is 0 Å². The van der Waals surface area contributed by atoms with Gasteiger partial charge in [-0.1, -0.05) is 54.1 Å². The number of nitrogens with one attached hydrogen (secondary N) is 1. The van der Waals surface area contributed by atoms with E-state index in [0.29, 0.717) is 26.1 Å². The number of thiophene rings is 1. The maximum absolute atomic E-state index is 13.0. The van der Waals surface area contributed by atoms with E-state index >= 15 is 0 Å². The summed E-state index contributed by atoms with van der Waals surface area (Å²) in [5.41, 5.74) is 4.63. The van der Waals surface area contributed by atoms with Crippen molar-refractivity contribution in [2.45, 2.75) is 20.3 Å². The fourth-order valence-corrected chi connectivity index (χ4v) is 4.76. The monoisotopic (exact) mass is 418 g/mol. The molecule has 0 saturated carbocycles. The summed E-state index contributed by atoms with van der Waals surface area (Å²) in [6.07, 6.45) is 0.600. The van der Waals surface area contributed by atoms with Crippen molar-refractivity contribution in [1.29, 1.82) is 0 Å². The zero-order chi connectivity index (χ0) is 21.1. The van der Waals surface area contributed by atoms with Crippen molar-refractivity contribution in [3.05, 3.63) is 81.5 Å². The van der Waals surface area contributed by atoms with Gasteiger partial charge in [-0.3, -0.25) is 9.59 Å². The summed E-state index contributed by atoms with van der Waals surface area (Å²) in [6, 6.07) is 20.5. The summed E-state index contributed by atoms with van der Waals surface area (Å²) >= 11 is 1.51. The molecule has 1 N–H and O–H groups in total. The zero-order valence-corrected chi connectivity index (χ0v) is 18.2. The highest BCUT2D eigenvalue weighted by Gasteiger charge is 2.29. The van der Waals surface area contributed by atoms with Crippen LogP contribution in [0.15, 0.2) is 60.7 Å². The molecule has 30 heavy (non-hydrogen) atoms. The number of hydrogen-bond donors (Lipinski definition) is 1. The van der Waals surface area contributed by atoms with Gasteiger partial charge in [-0.25, -0.2) is 0 Å². The first-order chi connectivity index (χ1) is 14.5. The van der Waals surface area contributed by atoms with Crippen molar-refractivity contribution in [3.63, 3.8) is 0 Å². The van der Waals surface area contributed by atoms with Crippen LogP contribution in [0.5, 0.6) is 0 Å². The van der Waals surface area contributed by atoms with Crippen LogP contribution in [0.4, 0.5) is 0 Å². The maximum atomic E-state index is 13.0. The van der Waals surface area contributed by atoms with E-state index in [-0.39, 0.29) is 17.7 Å². The van der Waals surface area contributed by atoms with Crippen LogP contribution < -0.4 is 5.32 Å². The predicted octanol–water partition coefficient (Wildman–Crippen LogP) is 4.46. The second kappa shape index (κ2) is 8.84. The van der Waals surface area contributed by atoms with Crippen molar-refractivity contribution in [2.75, 3.05) is 19.6 Å². The Labute approximate surface area is 181 Å². The lowest BCUT2D eigenvalue weighted by Gasteiger charge is -2.23. The number of carbonyl (C=O) groups is 2. The molecular formula is C25H26N2O2S. The molecule has 0 radical (unpaired) electrons. The lowest BCUT2D eigenvalue weighted by atomic mass is 9.91. The molecule has 154 valence electrons. The summed E-state index contributed by atoms with van der Waals surface area (Å²) < 4.78 is 0. The van der Waals surface area contributed by atoms with Gasteiger partial charge < -0.3 is 10.2 Å². The lowest BCUT2D eigenvalue weighted by molar-refractivity contribution is -0.124. The first-order valence-electron chi connectivity index (χ1n) is 10.3. The number of benzene rings is 2. The predicted molar refractivity (Wildman–Crippen MR) is 122 cm³/mol. The van der Waals surface area contributed by atoms with Gasteiger partial charge in [0.2, 0.25) is 5.91 Å². The van der Waals surface area contributed by atoms with Crippen molar-refractivity contribution in [2.24, 2.45) is 5.92 Å². The van der Waals surface area contributed by atoms with E-state index in [4.69, 9.17) is 0 Å². The molecule has 0 bridgehead atoms. The van der Waals surface area contributed by atoms with Crippen molar-refractivity contribution < 1.29 is 9.59 Å². The first-order valence-corrected chi connectivity index (χ1v) is 11.1. The van der Waals surface area contributed by atoms with Crippen molar-refractivity contribution in [3.8, 4) is 11.1 Å². The van der Waals surface area contributed by atoms with Gasteiger partial charge in [0.1, 0.15) is 0 Å². The van der Waals surface area contributed by atoms with E-state index in [2.05, 4.69) is 48.6 Å². The summed E-state index contributed by atoms with van der Waals surface area (Å²) in [6.45, 7) is 5.54. The number of hydrogen-bond acceptors (Lipinski definition) is 3. The van der Waals surface area contributed by atoms with Crippen molar-refractivity contribution >= 4 is 23.2 Å². The van der Waals surface area contributed by atoms with E-state index < -0.39 is 0 Å². The van der Waals surface area contributed by atoms with E-state index in [1.165, 1.54) is 16.9 Å². The third-order valence-electron chi connectivity index (χ3n) is 5.58. The molecule has 2 heterocycles. The maximum Gasteiger partial charge on any atom is 0.264 e. The molecule has 4 nitrogen and oxygen atoms in total. The highest BCUT2D eigenvalue weighted by atomic mass is 32.1. The summed E-state index contributed by atoms with van der Waals surface area (Å²) in [5, 5.41) is 2.99. The Morgan fingerprint density at radius 1 is 1.07 bits per heavy atom. The molecule has 0 aliphatic carbocycles.